The minimum absolute atomic E-state index is 0.291. The van der Waals surface area contributed by atoms with Crippen LogP contribution in [-0.4, -0.2) is 169 Å². The molecule has 1 aliphatic carbocycles. The van der Waals surface area contributed by atoms with Crippen LogP contribution in [0.2, 0.25) is 0 Å². The van der Waals surface area contributed by atoms with Gasteiger partial charge in [-0.3, -0.25) is 14.7 Å². The van der Waals surface area contributed by atoms with Crippen LogP contribution in [0.3, 0.4) is 0 Å². The molecule has 0 amide bonds. The van der Waals surface area contributed by atoms with Crippen LogP contribution in [-0.2, 0) is 0 Å². The predicted octanol–water partition coefficient (Wildman–Crippen LogP) is 6.58. The van der Waals surface area contributed by atoms with Gasteiger partial charge in [0.25, 0.3) is 0 Å². The number of likely N-dealkylation sites (N-methyl/N-ethyl adjacent to an activating group) is 1. The van der Waals surface area contributed by atoms with Gasteiger partial charge in [0.05, 0.1) is 0 Å². The molecule has 0 aromatic carbocycles. The van der Waals surface area contributed by atoms with Crippen LogP contribution in [0, 0.1) is 5.92 Å². The summed E-state index contributed by atoms with van der Waals surface area (Å²) in [6, 6.07) is 4.51. The molecule has 0 aromatic rings. The summed E-state index contributed by atoms with van der Waals surface area (Å²) in [6.07, 6.45) is 10.9. The molecule has 50 heavy (non-hydrogen) atoms. The van der Waals surface area contributed by atoms with Crippen molar-refractivity contribution in [1.29, 1.82) is 0 Å². The van der Waals surface area contributed by atoms with Crippen molar-refractivity contribution in [2.75, 3.05) is 98.2 Å². The molecule has 5 rings (SSSR count). The fourth-order valence-electron chi connectivity index (χ4n) is 7.10. The lowest BCUT2D eigenvalue weighted by Crippen LogP contribution is -2.49. The molecule has 2 N–H and O–H groups in total. The van der Waals surface area contributed by atoms with Crippen molar-refractivity contribution in [2.24, 2.45) is 5.92 Å². The monoisotopic (exact) mass is 710 g/mol. The summed E-state index contributed by atoms with van der Waals surface area (Å²) in [6.45, 7) is 45.0. The van der Waals surface area contributed by atoms with Gasteiger partial charge >= 0.3 is 0 Å². The third-order valence-corrected chi connectivity index (χ3v) is 11.3. The van der Waals surface area contributed by atoms with Crippen molar-refractivity contribution >= 4 is 0 Å². The molecule has 300 valence electrons. The molecule has 1 saturated carbocycles. The number of likely N-dealkylation sites (tertiary alicyclic amines) is 2. The Morgan fingerprint density at radius 2 is 0.960 bits per heavy atom. The highest BCUT2D eigenvalue weighted by atomic mass is 16.3. The highest BCUT2D eigenvalue weighted by Crippen LogP contribution is 2.27. The smallest absolute Gasteiger partial charge is 0.0443 e. The quantitative estimate of drug-likeness (QED) is 0.247. The second-order valence-electron chi connectivity index (χ2n) is 17.1. The van der Waals surface area contributed by atoms with Gasteiger partial charge in [-0.25, -0.2) is 0 Å². The number of hydrogen-bond donors (Lipinski definition) is 2. The van der Waals surface area contributed by atoms with Crippen LogP contribution >= 0.6 is 0 Å². The third-order valence-electron chi connectivity index (χ3n) is 11.3. The predicted molar refractivity (Wildman–Crippen MR) is 221 cm³/mol. The molecule has 0 unspecified atom stereocenters. The number of hydrogen-bond acceptors (Lipinski definition) is 8. The lowest BCUT2D eigenvalue weighted by molar-refractivity contribution is 0.103. The number of aliphatic hydroxyl groups excluding tert-OH is 1. The molecule has 0 aromatic heterocycles. The van der Waals surface area contributed by atoms with E-state index in [0.29, 0.717) is 12.6 Å². The topological polar surface area (TPSA) is 51.7 Å². The summed E-state index contributed by atoms with van der Waals surface area (Å²) in [4.78, 5) is 15.4. The Morgan fingerprint density at radius 1 is 0.540 bits per heavy atom. The Kier molecular flexibility index (Phi) is 26.9. The van der Waals surface area contributed by atoms with E-state index in [0.717, 1.165) is 49.1 Å². The van der Waals surface area contributed by atoms with Crippen molar-refractivity contribution in [3.8, 4) is 0 Å². The van der Waals surface area contributed by atoms with Crippen LogP contribution in [0.1, 0.15) is 134 Å². The molecule has 8 nitrogen and oxygen atoms in total. The van der Waals surface area contributed by atoms with Gasteiger partial charge in [0, 0.05) is 95.2 Å². The SMILES string of the molecule is CC(C)N1CCCCC1.CC(C)N1CCN(C2CC2)CC1.CC(C)NCCCO.CC1CCN(C(C)C)CC1.CCN1CCN(C(C)C)CC1. The van der Waals surface area contributed by atoms with Gasteiger partial charge in [-0.1, -0.05) is 34.1 Å². The first-order chi connectivity index (χ1) is 23.8. The molecular weight excluding hydrogens is 619 g/mol. The highest BCUT2D eigenvalue weighted by molar-refractivity contribution is 4.88. The number of piperazine rings is 2. The van der Waals surface area contributed by atoms with Crippen LogP contribution in [0.25, 0.3) is 0 Å². The normalized spacial score (nSPS) is 22.4. The summed E-state index contributed by atoms with van der Waals surface area (Å²) in [5.74, 6) is 0.968. The first kappa shape index (κ1) is 47.7. The number of rotatable bonds is 10. The average molecular weight is 710 g/mol. The van der Waals surface area contributed by atoms with E-state index in [4.69, 9.17) is 5.11 Å². The van der Waals surface area contributed by atoms with Gasteiger partial charge in [0.1, 0.15) is 0 Å². The first-order valence-corrected chi connectivity index (χ1v) is 21.6. The fourth-order valence-corrected chi connectivity index (χ4v) is 7.10. The largest absolute Gasteiger partial charge is 0.396 e. The van der Waals surface area contributed by atoms with Crippen molar-refractivity contribution in [3.05, 3.63) is 0 Å². The van der Waals surface area contributed by atoms with E-state index in [9.17, 15) is 0 Å². The zero-order valence-electron chi connectivity index (χ0n) is 35.9. The molecule has 8 heteroatoms. The maximum absolute atomic E-state index is 8.34. The molecule has 4 heterocycles. The lowest BCUT2D eigenvalue weighted by atomic mass is 9.98. The Balaban J connectivity index is 0.000000315. The Bertz CT molecular complexity index is 735. The average Bonchev–Trinajstić information content (AvgIpc) is 3.96. The highest BCUT2D eigenvalue weighted by Gasteiger charge is 2.31. The summed E-state index contributed by atoms with van der Waals surface area (Å²) in [7, 11) is 0. The van der Waals surface area contributed by atoms with Crippen LogP contribution in [0.15, 0.2) is 0 Å². The van der Waals surface area contributed by atoms with Gasteiger partial charge in [-0.15, -0.1) is 0 Å². The Morgan fingerprint density at radius 3 is 1.32 bits per heavy atom. The molecule has 0 spiro atoms. The van der Waals surface area contributed by atoms with Crippen LogP contribution in [0.5, 0.6) is 0 Å². The van der Waals surface area contributed by atoms with Gasteiger partial charge in [0.15, 0.2) is 0 Å². The number of nitrogens with zero attached hydrogens (tertiary/aromatic N) is 6. The van der Waals surface area contributed by atoms with Crippen molar-refractivity contribution < 1.29 is 5.11 Å². The molecule has 0 bridgehead atoms. The summed E-state index contributed by atoms with van der Waals surface area (Å²) in [5, 5.41) is 11.5. The summed E-state index contributed by atoms with van der Waals surface area (Å²) < 4.78 is 0. The number of aliphatic hydroxyl groups is 1. The molecule has 0 radical (unpaired) electrons. The van der Waals surface area contributed by atoms with E-state index in [-0.39, 0.29) is 0 Å². The van der Waals surface area contributed by atoms with Crippen LogP contribution < -0.4 is 5.32 Å². The van der Waals surface area contributed by atoms with E-state index < -0.39 is 0 Å². The molecule has 5 aliphatic rings. The van der Waals surface area contributed by atoms with Crippen molar-refractivity contribution in [2.45, 2.75) is 171 Å². The Hall–Kier alpha value is -0.320. The molecule has 4 aliphatic heterocycles. The third kappa shape index (κ3) is 22.7. The van der Waals surface area contributed by atoms with Crippen molar-refractivity contribution in [1.82, 2.24) is 34.7 Å². The maximum Gasteiger partial charge on any atom is 0.0443 e. The lowest BCUT2D eigenvalue weighted by Gasteiger charge is -2.37. The summed E-state index contributed by atoms with van der Waals surface area (Å²) >= 11 is 0. The van der Waals surface area contributed by atoms with E-state index in [2.05, 4.69) is 118 Å². The van der Waals surface area contributed by atoms with Crippen molar-refractivity contribution in [3.63, 3.8) is 0 Å². The van der Waals surface area contributed by atoms with E-state index in [1.54, 1.807) is 0 Å². The molecule has 4 saturated heterocycles. The number of piperidine rings is 2. The fraction of sp³-hybridized carbons (Fsp3) is 1.00. The first-order valence-electron chi connectivity index (χ1n) is 21.6. The van der Waals surface area contributed by atoms with E-state index in [1.165, 1.54) is 130 Å². The van der Waals surface area contributed by atoms with Gasteiger partial charge in [0.2, 0.25) is 0 Å². The molecular formula is C42H91N7O. The van der Waals surface area contributed by atoms with Gasteiger partial charge < -0.3 is 25.1 Å². The maximum atomic E-state index is 8.34. The van der Waals surface area contributed by atoms with Gasteiger partial charge in [-0.2, -0.15) is 0 Å². The van der Waals surface area contributed by atoms with Gasteiger partial charge in [-0.05, 0) is 146 Å². The zero-order chi connectivity index (χ0) is 37.5. The zero-order valence-corrected chi connectivity index (χ0v) is 35.9. The minimum atomic E-state index is 0.291. The Labute approximate surface area is 314 Å². The standard InChI is InChI=1S/C10H20N2.C9H20N2.C9H19N.C8H17N.C6H15NO/c1-9(2)11-5-7-12(8-6-11)10-3-4-10;1-4-10-5-7-11(8-6-10)9(2)3;1-8(2)10-6-4-9(3)5-7-10;1-8(2)9-6-4-3-5-7-9;1-6(2)7-4-3-5-8/h9-10H,3-8H2,1-2H3;9H,4-8H2,1-3H3;8-9H,4-7H2,1-3H3;8H,3-7H2,1-2H3;6-8H,3-5H2,1-2H3. The van der Waals surface area contributed by atoms with Crippen LogP contribution in [0.4, 0.5) is 0 Å². The van der Waals surface area contributed by atoms with E-state index >= 15 is 0 Å². The second kappa shape index (κ2) is 28.2. The molecule has 0 atom stereocenters. The number of nitrogens with one attached hydrogen (secondary N) is 1. The second-order valence-corrected chi connectivity index (χ2v) is 17.1. The molecule has 5 fully saturated rings. The minimum Gasteiger partial charge on any atom is -0.396 e. The van der Waals surface area contributed by atoms with E-state index in [1.807, 2.05) is 0 Å². The summed E-state index contributed by atoms with van der Waals surface area (Å²) in [5.41, 5.74) is 0.